The van der Waals surface area contributed by atoms with Crippen molar-refractivity contribution in [3.05, 3.63) is 71.7 Å². The van der Waals surface area contributed by atoms with Crippen LogP contribution in [0.2, 0.25) is 0 Å². The molecule has 1 unspecified atom stereocenters. The lowest BCUT2D eigenvalue weighted by Crippen LogP contribution is -2.41. The Hall–Kier alpha value is -4.63. The van der Waals surface area contributed by atoms with Crippen LogP contribution in [0, 0.1) is 0 Å². The van der Waals surface area contributed by atoms with Crippen LogP contribution in [0.5, 0.6) is 0 Å². The first-order chi connectivity index (χ1) is 17.7. The van der Waals surface area contributed by atoms with Gasteiger partial charge in [0.05, 0.1) is 35.0 Å². The summed E-state index contributed by atoms with van der Waals surface area (Å²) in [7, 11) is 0. The largest absolute Gasteiger partial charge is 0.433 e. The highest BCUT2D eigenvalue weighted by Gasteiger charge is 2.39. The van der Waals surface area contributed by atoms with Crippen LogP contribution in [0.4, 0.5) is 22.0 Å². The molecule has 1 aliphatic heterocycles. The van der Waals surface area contributed by atoms with Crippen LogP contribution in [0.15, 0.2) is 47.4 Å². The van der Waals surface area contributed by atoms with Gasteiger partial charge >= 0.3 is 24.5 Å². The quantitative estimate of drug-likeness (QED) is 0.361. The number of carbonyl (C=O) groups excluding carboxylic acids is 1. The molecular weight excluding hydrogens is 505 g/mol. The first-order valence-electron chi connectivity index (χ1n) is 10.8. The number of imidazole rings is 1. The SMILES string of the molecule is O=C(c1nnc(-c2cnn(C(F)F)c2)o1)N1CCc2[nH]cnc2C1c1cc2cccc(C(F)(F)F)n2n1. The minimum atomic E-state index is -4.65. The van der Waals surface area contributed by atoms with Gasteiger partial charge in [-0.1, -0.05) is 6.07 Å². The van der Waals surface area contributed by atoms with E-state index in [-0.39, 0.29) is 29.2 Å². The first-order valence-corrected chi connectivity index (χ1v) is 10.8. The fraction of sp³-hybridized carbons (Fsp3) is 0.238. The average Bonchev–Trinajstić information content (AvgIpc) is 3.66. The summed E-state index contributed by atoms with van der Waals surface area (Å²) < 4.78 is 72.9. The molecular formula is C21H14F5N9O2. The van der Waals surface area contributed by atoms with Gasteiger partial charge in [-0.2, -0.15) is 32.1 Å². The minimum Gasteiger partial charge on any atom is -0.412 e. The Bertz CT molecular complexity index is 1620. The number of pyridine rings is 1. The van der Waals surface area contributed by atoms with Gasteiger partial charge in [0, 0.05) is 24.9 Å². The molecule has 0 radical (unpaired) electrons. The zero-order valence-electron chi connectivity index (χ0n) is 18.4. The van der Waals surface area contributed by atoms with E-state index < -0.39 is 36.3 Å². The molecule has 16 heteroatoms. The van der Waals surface area contributed by atoms with Crippen molar-refractivity contribution in [1.82, 2.24) is 44.5 Å². The number of amides is 1. The fourth-order valence-corrected chi connectivity index (χ4v) is 4.28. The zero-order valence-corrected chi connectivity index (χ0v) is 18.4. The van der Waals surface area contributed by atoms with Crippen molar-refractivity contribution in [3.8, 4) is 11.5 Å². The standard InChI is InChI=1S/C21H14F5N9O2/c22-20(23)34-8-10(7-29-34)17-30-31-18(37-17)19(36)33-5-4-12-15(28-9-27-12)16(33)13-6-11-2-1-3-14(21(24,25)26)35(11)32-13/h1-3,6-9,16,20H,4-5H2,(H,27,28). The lowest BCUT2D eigenvalue weighted by atomic mass is 9.99. The molecule has 0 fully saturated rings. The predicted octanol–water partition coefficient (Wildman–Crippen LogP) is 3.51. The van der Waals surface area contributed by atoms with Crippen LogP contribution in [-0.4, -0.2) is 56.9 Å². The Morgan fingerprint density at radius 1 is 1.22 bits per heavy atom. The molecule has 5 aromatic heterocycles. The number of aromatic amines is 1. The number of alkyl halides is 5. The molecule has 37 heavy (non-hydrogen) atoms. The number of fused-ring (bicyclic) bond motifs is 2. The second kappa shape index (κ2) is 8.21. The number of nitrogens with zero attached hydrogens (tertiary/aromatic N) is 8. The van der Waals surface area contributed by atoms with Gasteiger partial charge in [-0.05, 0) is 18.2 Å². The summed E-state index contributed by atoms with van der Waals surface area (Å²) in [5, 5.41) is 15.2. The van der Waals surface area contributed by atoms with Crippen molar-refractivity contribution in [2.24, 2.45) is 0 Å². The Labute approximate surface area is 202 Å². The molecule has 1 aliphatic rings. The normalized spacial score (nSPS) is 16.1. The molecule has 0 spiro atoms. The molecule has 5 aromatic rings. The Balaban J connectivity index is 1.39. The van der Waals surface area contributed by atoms with E-state index in [1.54, 1.807) is 0 Å². The van der Waals surface area contributed by atoms with Crippen molar-refractivity contribution >= 4 is 11.4 Å². The van der Waals surface area contributed by atoms with Gasteiger partial charge < -0.3 is 14.3 Å². The van der Waals surface area contributed by atoms with Gasteiger partial charge in [0.2, 0.25) is 0 Å². The van der Waals surface area contributed by atoms with E-state index in [9.17, 15) is 26.7 Å². The number of carbonyl (C=O) groups is 1. The summed E-state index contributed by atoms with van der Waals surface area (Å²) in [5.41, 5.74) is 0.545. The molecule has 6 heterocycles. The number of hydrogen-bond acceptors (Lipinski definition) is 7. The molecule has 1 atom stereocenters. The number of aromatic nitrogens is 8. The van der Waals surface area contributed by atoms with Crippen LogP contribution in [0.25, 0.3) is 17.0 Å². The highest BCUT2D eigenvalue weighted by Crippen LogP contribution is 2.36. The van der Waals surface area contributed by atoms with E-state index in [0.717, 1.165) is 23.0 Å². The highest BCUT2D eigenvalue weighted by molar-refractivity contribution is 5.90. The molecule has 0 aromatic carbocycles. The summed E-state index contributed by atoms with van der Waals surface area (Å²) >= 11 is 0. The lowest BCUT2D eigenvalue weighted by Gasteiger charge is -2.32. The van der Waals surface area contributed by atoms with Crippen LogP contribution >= 0.6 is 0 Å². The number of halogens is 5. The predicted molar refractivity (Wildman–Crippen MR) is 112 cm³/mol. The van der Waals surface area contributed by atoms with Crippen LogP contribution < -0.4 is 0 Å². The van der Waals surface area contributed by atoms with Crippen molar-refractivity contribution in [1.29, 1.82) is 0 Å². The van der Waals surface area contributed by atoms with E-state index in [4.69, 9.17) is 4.42 Å². The maximum atomic E-state index is 13.6. The highest BCUT2D eigenvalue weighted by atomic mass is 19.4. The lowest BCUT2D eigenvalue weighted by molar-refractivity contribution is -0.142. The first kappa shape index (κ1) is 22.8. The van der Waals surface area contributed by atoms with E-state index in [1.165, 1.54) is 29.4 Å². The second-order valence-corrected chi connectivity index (χ2v) is 8.13. The Kier molecular flexibility index (Phi) is 5.06. The number of nitrogens with one attached hydrogen (secondary N) is 1. The van der Waals surface area contributed by atoms with E-state index in [0.29, 0.717) is 22.5 Å². The van der Waals surface area contributed by atoms with Gasteiger partial charge in [-0.25, -0.2) is 14.2 Å². The van der Waals surface area contributed by atoms with Crippen molar-refractivity contribution < 1.29 is 31.2 Å². The third-order valence-electron chi connectivity index (χ3n) is 5.92. The number of H-pyrrole nitrogens is 1. The molecule has 0 saturated heterocycles. The van der Waals surface area contributed by atoms with E-state index in [2.05, 4.69) is 30.4 Å². The third kappa shape index (κ3) is 3.80. The fourth-order valence-electron chi connectivity index (χ4n) is 4.28. The third-order valence-corrected chi connectivity index (χ3v) is 5.92. The summed E-state index contributed by atoms with van der Waals surface area (Å²) in [6.07, 6.45) is -0.779. The zero-order chi connectivity index (χ0) is 25.9. The van der Waals surface area contributed by atoms with Crippen LogP contribution in [0.3, 0.4) is 0 Å². The van der Waals surface area contributed by atoms with Gasteiger partial charge in [-0.3, -0.25) is 4.79 Å². The molecule has 6 rings (SSSR count). The topological polar surface area (TPSA) is 123 Å². The smallest absolute Gasteiger partial charge is 0.412 e. The number of rotatable bonds is 4. The summed E-state index contributed by atoms with van der Waals surface area (Å²) in [6.45, 7) is -2.74. The molecule has 1 N–H and O–H groups in total. The molecule has 11 nitrogen and oxygen atoms in total. The van der Waals surface area contributed by atoms with Crippen LogP contribution in [-0.2, 0) is 12.6 Å². The second-order valence-electron chi connectivity index (χ2n) is 8.13. The minimum absolute atomic E-state index is 0.0802. The number of hydrogen-bond donors (Lipinski definition) is 1. The van der Waals surface area contributed by atoms with Gasteiger partial charge in [0.1, 0.15) is 11.7 Å². The molecule has 0 aliphatic carbocycles. The molecule has 190 valence electrons. The summed E-state index contributed by atoms with van der Waals surface area (Å²) in [6, 6.07) is 4.13. The van der Waals surface area contributed by atoms with Gasteiger partial charge in [-0.15, -0.1) is 10.2 Å². The van der Waals surface area contributed by atoms with Gasteiger partial charge in [0.15, 0.2) is 0 Å². The van der Waals surface area contributed by atoms with Crippen molar-refractivity contribution in [3.63, 3.8) is 0 Å². The van der Waals surface area contributed by atoms with Crippen LogP contribution in [0.1, 0.15) is 46.1 Å². The van der Waals surface area contributed by atoms with E-state index in [1.807, 2.05) is 0 Å². The Morgan fingerprint density at radius 2 is 2.05 bits per heavy atom. The monoisotopic (exact) mass is 519 g/mol. The van der Waals surface area contributed by atoms with Crippen molar-refractivity contribution in [2.45, 2.75) is 25.2 Å². The van der Waals surface area contributed by atoms with Gasteiger partial charge in [0.25, 0.3) is 5.89 Å². The maximum absolute atomic E-state index is 13.6. The van der Waals surface area contributed by atoms with Crippen molar-refractivity contribution in [2.75, 3.05) is 6.54 Å². The summed E-state index contributed by atoms with van der Waals surface area (Å²) in [5.74, 6) is -1.37. The summed E-state index contributed by atoms with van der Waals surface area (Å²) in [4.78, 5) is 22.0. The Morgan fingerprint density at radius 3 is 2.81 bits per heavy atom. The molecule has 0 saturated carbocycles. The average molecular weight is 519 g/mol. The molecule has 0 bridgehead atoms. The van der Waals surface area contributed by atoms with E-state index >= 15 is 0 Å². The maximum Gasteiger partial charge on any atom is 0.433 e. The molecule has 1 amide bonds.